The van der Waals surface area contributed by atoms with Gasteiger partial charge in [-0.1, -0.05) is 12.8 Å². The van der Waals surface area contributed by atoms with Gasteiger partial charge in [0.05, 0.1) is 0 Å². The SMILES string of the molecule is Brc1ncc(C2CCCC2)cn1. The second-order valence-corrected chi connectivity index (χ2v) is 3.98. The molecule has 0 radical (unpaired) electrons. The summed E-state index contributed by atoms with van der Waals surface area (Å²) < 4.78 is 0.684. The van der Waals surface area contributed by atoms with E-state index in [4.69, 9.17) is 0 Å². The summed E-state index contributed by atoms with van der Waals surface area (Å²) in [5.41, 5.74) is 1.30. The minimum Gasteiger partial charge on any atom is -0.230 e. The summed E-state index contributed by atoms with van der Waals surface area (Å²) in [7, 11) is 0. The summed E-state index contributed by atoms with van der Waals surface area (Å²) in [5.74, 6) is 0.720. The number of hydrogen-bond acceptors (Lipinski definition) is 2. The maximum atomic E-state index is 4.13. The molecule has 0 bridgehead atoms. The highest BCUT2D eigenvalue weighted by molar-refractivity contribution is 9.10. The van der Waals surface area contributed by atoms with Crippen LogP contribution in [0.15, 0.2) is 17.1 Å². The van der Waals surface area contributed by atoms with Gasteiger partial charge in [0.1, 0.15) is 0 Å². The third kappa shape index (κ3) is 1.66. The first-order valence-corrected chi connectivity index (χ1v) is 5.13. The third-order valence-electron chi connectivity index (χ3n) is 2.47. The molecule has 1 aliphatic carbocycles. The first kappa shape index (κ1) is 8.17. The molecule has 12 heavy (non-hydrogen) atoms. The van der Waals surface area contributed by atoms with Gasteiger partial charge in [-0.15, -0.1) is 0 Å². The van der Waals surface area contributed by atoms with Gasteiger partial charge in [0, 0.05) is 12.4 Å². The van der Waals surface area contributed by atoms with E-state index < -0.39 is 0 Å². The summed E-state index contributed by atoms with van der Waals surface area (Å²) in [6.45, 7) is 0. The molecule has 2 nitrogen and oxygen atoms in total. The Hall–Kier alpha value is -0.440. The molecule has 0 atom stereocenters. The predicted molar refractivity (Wildman–Crippen MR) is 50.9 cm³/mol. The highest BCUT2D eigenvalue weighted by atomic mass is 79.9. The molecule has 64 valence electrons. The Balaban J connectivity index is 2.17. The second kappa shape index (κ2) is 3.52. The minimum absolute atomic E-state index is 0.684. The molecule has 1 aromatic rings. The van der Waals surface area contributed by atoms with E-state index in [1.54, 1.807) is 0 Å². The molecule has 3 heteroatoms. The lowest BCUT2D eigenvalue weighted by Gasteiger charge is -2.06. The van der Waals surface area contributed by atoms with Gasteiger partial charge in [-0.05, 0) is 40.3 Å². The highest BCUT2D eigenvalue weighted by Crippen LogP contribution is 2.33. The Morgan fingerprint density at radius 3 is 2.33 bits per heavy atom. The van der Waals surface area contributed by atoms with Crippen LogP contribution in [0.4, 0.5) is 0 Å². The third-order valence-corrected chi connectivity index (χ3v) is 2.88. The molecular weight excluding hydrogens is 216 g/mol. The van der Waals surface area contributed by atoms with Gasteiger partial charge in [-0.2, -0.15) is 0 Å². The standard InChI is InChI=1S/C9H11BrN2/c10-9-11-5-8(6-12-9)7-3-1-2-4-7/h5-7H,1-4H2. The van der Waals surface area contributed by atoms with E-state index in [-0.39, 0.29) is 0 Å². The van der Waals surface area contributed by atoms with Crippen LogP contribution in [0.3, 0.4) is 0 Å². The number of hydrogen-bond donors (Lipinski definition) is 0. The lowest BCUT2D eigenvalue weighted by molar-refractivity contribution is 0.712. The molecule has 0 saturated heterocycles. The fourth-order valence-corrected chi connectivity index (χ4v) is 2.00. The van der Waals surface area contributed by atoms with Crippen molar-refractivity contribution < 1.29 is 0 Å². The molecule has 0 amide bonds. The van der Waals surface area contributed by atoms with E-state index in [1.165, 1.54) is 31.2 Å². The van der Waals surface area contributed by atoms with Crippen molar-refractivity contribution in [3.63, 3.8) is 0 Å². The molecule has 0 N–H and O–H groups in total. The number of aromatic nitrogens is 2. The van der Waals surface area contributed by atoms with Gasteiger partial charge in [0.15, 0.2) is 4.73 Å². The van der Waals surface area contributed by atoms with Crippen LogP contribution in [-0.4, -0.2) is 9.97 Å². The van der Waals surface area contributed by atoms with Gasteiger partial charge in [0.2, 0.25) is 0 Å². The van der Waals surface area contributed by atoms with Crippen LogP contribution in [0.25, 0.3) is 0 Å². The van der Waals surface area contributed by atoms with Crippen molar-refractivity contribution in [3.8, 4) is 0 Å². The van der Waals surface area contributed by atoms with Crippen LogP contribution < -0.4 is 0 Å². The van der Waals surface area contributed by atoms with Crippen LogP contribution in [0.5, 0.6) is 0 Å². The molecule has 1 saturated carbocycles. The number of rotatable bonds is 1. The predicted octanol–water partition coefficient (Wildman–Crippen LogP) is 2.90. The van der Waals surface area contributed by atoms with Gasteiger partial charge >= 0.3 is 0 Å². The lowest BCUT2D eigenvalue weighted by Crippen LogP contribution is -1.94. The van der Waals surface area contributed by atoms with E-state index in [0.717, 1.165) is 5.92 Å². The Morgan fingerprint density at radius 1 is 1.17 bits per heavy atom. The van der Waals surface area contributed by atoms with E-state index in [2.05, 4.69) is 25.9 Å². The van der Waals surface area contributed by atoms with Crippen molar-refractivity contribution in [3.05, 3.63) is 22.7 Å². The molecule has 0 unspecified atom stereocenters. The Morgan fingerprint density at radius 2 is 1.75 bits per heavy atom. The molecular formula is C9H11BrN2. The quantitative estimate of drug-likeness (QED) is 0.689. The average Bonchev–Trinajstić information content (AvgIpc) is 2.58. The summed E-state index contributed by atoms with van der Waals surface area (Å²) in [4.78, 5) is 8.26. The zero-order valence-corrected chi connectivity index (χ0v) is 8.42. The van der Waals surface area contributed by atoms with Crippen molar-refractivity contribution in [2.24, 2.45) is 0 Å². The van der Waals surface area contributed by atoms with Gasteiger partial charge < -0.3 is 0 Å². The summed E-state index contributed by atoms with van der Waals surface area (Å²) in [6, 6.07) is 0. The second-order valence-electron chi connectivity index (χ2n) is 3.27. The first-order chi connectivity index (χ1) is 5.86. The number of halogens is 1. The van der Waals surface area contributed by atoms with E-state index in [9.17, 15) is 0 Å². The minimum atomic E-state index is 0.684. The fourth-order valence-electron chi connectivity index (χ4n) is 1.79. The average molecular weight is 227 g/mol. The van der Waals surface area contributed by atoms with E-state index in [1.807, 2.05) is 12.4 Å². The van der Waals surface area contributed by atoms with Crippen molar-refractivity contribution in [1.82, 2.24) is 9.97 Å². The van der Waals surface area contributed by atoms with Crippen LogP contribution in [0, 0.1) is 0 Å². The van der Waals surface area contributed by atoms with Gasteiger partial charge in [-0.25, -0.2) is 9.97 Å². The Kier molecular flexibility index (Phi) is 2.40. The van der Waals surface area contributed by atoms with Crippen molar-refractivity contribution in [2.75, 3.05) is 0 Å². The van der Waals surface area contributed by atoms with Gasteiger partial charge in [-0.3, -0.25) is 0 Å². The van der Waals surface area contributed by atoms with Crippen LogP contribution in [0.2, 0.25) is 0 Å². The largest absolute Gasteiger partial charge is 0.230 e. The molecule has 0 aliphatic heterocycles. The lowest BCUT2D eigenvalue weighted by atomic mass is 10.0. The normalized spacial score (nSPS) is 18.4. The molecule has 1 aliphatic rings. The molecule has 0 aromatic carbocycles. The number of nitrogens with zero attached hydrogens (tertiary/aromatic N) is 2. The first-order valence-electron chi connectivity index (χ1n) is 4.34. The molecule has 1 heterocycles. The smallest absolute Gasteiger partial charge is 0.196 e. The van der Waals surface area contributed by atoms with Crippen molar-refractivity contribution in [1.29, 1.82) is 0 Å². The zero-order chi connectivity index (χ0) is 8.39. The molecule has 1 fully saturated rings. The van der Waals surface area contributed by atoms with E-state index in [0.29, 0.717) is 4.73 Å². The monoisotopic (exact) mass is 226 g/mol. The maximum Gasteiger partial charge on any atom is 0.196 e. The summed E-state index contributed by atoms with van der Waals surface area (Å²) in [6.07, 6.45) is 9.22. The molecule has 2 rings (SSSR count). The molecule has 0 spiro atoms. The summed E-state index contributed by atoms with van der Waals surface area (Å²) in [5, 5.41) is 0. The Bertz CT molecular complexity index is 252. The summed E-state index contributed by atoms with van der Waals surface area (Å²) >= 11 is 3.23. The zero-order valence-electron chi connectivity index (χ0n) is 6.83. The van der Waals surface area contributed by atoms with Crippen molar-refractivity contribution in [2.45, 2.75) is 31.6 Å². The van der Waals surface area contributed by atoms with Crippen LogP contribution in [0.1, 0.15) is 37.2 Å². The van der Waals surface area contributed by atoms with Gasteiger partial charge in [0.25, 0.3) is 0 Å². The fraction of sp³-hybridized carbons (Fsp3) is 0.556. The molecule has 1 aromatic heterocycles. The van der Waals surface area contributed by atoms with E-state index >= 15 is 0 Å². The van der Waals surface area contributed by atoms with Crippen molar-refractivity contribution >= 4 is 15.9 Å². The Labute approximate surface area is 80.6 Å². The maximum absolute atomic E-state index is 4.13. The topological polar surface area (TPSA) is 25.8 Å². The van der Waals surface area contributed by atoms with Crippen LogP contribution >= 0.6 is 15.9 Å². The van der Waals surface area contributed by atoms with Crippen LogP contribution in [-0.2, 0) is 0 Å². The highest BCUT2D eigenvalue weighted by Gasteiger charge is 2.17.